The van der Waals surface area contributed by atoms with Crippen molar-refractivity contribution in [2.45, 2.75) is 31.3 Å². The fraction of sp³-hybridized carbons (Fsp3) is 0.400. The van der Waals surface area contributed by atoms with Crippen LogP contribution >= 0.6 is 0 Å². The Hall–Kier alpha value is -2.40. The van der Waals surface area contributed by atoms with Crippen LogP contribution in [0, 0.1) is 0 Å². The van der Waals surface area contributed by atoms with Crippen molar-refractivity contribution < 1.29 is 4.42 Å². The van der Waals surface area contributed by atoms with Crippen molar-refractivity contribution in [3.8, 4) is 11.3 Å². The summed E-state index contributed by atoms with van der Waals surface area (Å²) >= 11 is 0. The number of hydrogen-bond donors (Lipinski definition) is 0. The van der Waals surface area contributed by atoms with Gasteiger partial charge in [-0.1, -0.05) is 24.6 Å². The van der Waals surface area contributed by atoms with Crippen LogP contribution in [0.25, 0.3) is 22.3 Å². The number of fused-ring (bicyclic) bond motifs is 3. The third-order valence-electron chi connectivity index (χ3n) is 5.72. The van der Waals surface area contributed by atoms with Gasteiger partial charge in [0.15, 0.2) is 0 Å². The SMILES string of the molecule is CN1C2CCCC1CN(c1ncc(-c3cc4ccccc4o3)cn1)C2. The quantitative estimate of drug-likeness (QED) is 0.717. The first-order valence-electron chi connectivity index (χ1n) is 9.06. The highest BCUT2D eigenvalue weighted by atomic mass is 16.3. The van der Waals surface area contributed by atoms with E-state index in [2.05, 4.69) is 32.9 Å². The summed E-state index contributed by atoms with van der Waals surface area (Å²) in [6.45, 7) is 2.05. The van der Waals surface area contributed by atoms with Gasteiger partial charge in [0.1, 0.15) is 11.3 Å². The molecule has 5 rings (SSSR count). The Balaban J connectivity index is 1.40. The largest absolute Gasteiger partial charge is 0.456 e. The molecule has 1 aromatic carbocycles. The van der Waals surface area contributed by atoms with E-state index in [-0.39, 0.29) is 0 Å². The lowest BCUT2D eigenvalue weighted by Crippen LogP contribution is -2.59. The van der Waals surface area contributed by atoms with Gasteiger partial charge in [0.05, 0.1) is 5.56 Å². The first kappa shape index (κ1) is 14.9. The highest BCUT2D eigenvalue weighted by Crippen LogP contribution is 2.30. The van der Waals surface area contributed by atoms with Crippen LogP contribution in [0.5, 0.6) is 0 Å². The second-order valence-corrected chi connectivity index (χ2v) is 7.23. The van der Waals surface area contributed by atoms with Crippen molar-refractivity contribution in [2.75, 3.05) is 25.0 Å². The lowest BCUT2D eigenvalue weighted by atomic mass is 9.92. The minimum absolute atomic E-state index is 0.631. The van der Waals surface area contributed by atoms with Crippen LogP contribution < -0.4 is 4.90 Å². The number of likely N-dealkylation sites (N-methyl/N-ethyl adjacent to an activating group) is 1. The molecule has 5 nitrogen and oxygen atoms in total. The van der Waals surface area contributed by atoms with Crippen molar-refractivity contribution in [3.05, 3.63) is 42.7 Å². The van der Waals surface area contributed by atoms with Gasteiger partial charge in [0.2, 0.25) is 5.95 Å². The van der Waals surface area contributed by atoms with E-state index in [0.29, 0.717) is 12.1 Å². The van der Waals surface area contributed by atoms with Gasteiger partial charge in [-0.3, -0.25) is 4.90 Å². The molecular weight excluding hydrogens is 312 g/mol. The molecule has 0 N–H and O–H groups in total. The number of anilines is 1. The number of piperidine rings is 1. The molecule has 0 saturated carbocycles. The summed E-state index contributed by atoms with van der Waals surface area (Å²) in [6, 6.07) is 11.4. The predicted molar refractivity (Wildman–Crippen MR) is 98.6 cm³/mol. The van der Waals surface area contributed by atoms with Crippen LogP contribution in [0.15, 0.2) is 47.1 Å². The maximum atomic E-state index is 5.91. The summed E-state index contributed by atoms with van der Waals surface area (Å²) in [4.78, 5) is 14.2. The summed E-state index contributed by atoms with van der Waals surface area (Å²) in [6.07, 6.45) is 7.67. The molecule has 128 valence electrons. The number of nitrogens with zero attached hydrogens (tertiary/aromatic N) is 4. The Morgan fingerprint density at radius 2 is 1.76 bits per heavy atom. The third-order valence-corrected chi connectivity index (χ3v) is 5.72. The number of piperazine rings is 1. The van der Waals surface area contributed by atoms with Crippen LogP contribution in [-0.2, 0) is 0 Å². The van der Waals surface area contributed by atoms with E-state index in [1.54, 1.807) is 0 Å². The standard InChI is InChI=1S/C20H22N4O/c1-23-16-6-4-7-17(23)13-24(12-16)20-21-10-15(11-22-20)19-9-14-5-2-3-8-18(14)25-19/h2-3,5,8-11,16-17H,4,6-7,12-13H2,1H3. The highest BCUT2D eigenvalue weighted by Gasteiger charge is 2.35. The van der Waals surface area contributed by atoms with E-state index in [4.69, 9.17) is 4.42 Å². The summed E-state index contributed by atoms with van der Waals surface area (Å²) < 4.78 is 5.91. The average Bonchev–Trinajstić information content (AvgIpc) is 3.06. The first-order chi connectivity index (χ1) is 12.3. The molecule has 2 aliphatic rings. The first-order valence-corrected chi connectivity index (χ1v) is 9.06. The van der Waals surface area contributed by atoms with E-state index in [1.165, 1.54) is 19.3 Å². The maximum Gasteiger partial charge on any atom is 0.225 e. The molecule has 0 aliphatic carbocycles. The monoisotopic (exact) mass is 334 g/mol. The lowest BCUT2D eigenvalue weighted by molar-refractivity contribution is 0.0943. The van der Waals surface area contributed by atoms with Crippen molar-refractivity contribution in [3.63, 3.8) is 0 Å². The van der Waals surface area contributed by atoms with E-state index >= 15 is 0 Å². The number of benzene rings is 1. The van der Waals surface area contributed by atoms with Crippen LogP contribution in [0.3, 0.4) is 0 Å². The summed E-state index contributed by atoms with van der Waals surface area (Å²) in [7, 11) is 2.26. The van der Waals surface area contributed by atoms with Crippen molar-refractivity contribution in [1.29, 1.82) is 0 Å². The Morgan fingerprint density at radius 1 is 1.04 bits per heavy atom. The van der Waals surface area contributed by atoms with Crippen molar-refractivity contribution in [1.82, 2.24) is 14.9 Å². The molecule has 2 atom stereocenters. The number of rotatable bonds is 2. The molecule has 25 heavy (non-hydrogen) atoms. The summed E-state index contributed by atoms with van der Waals surface area (Å²) in [5.41, 5.74) is 1.82. The topological polar surface area (TPSA) is 45.4 Å². The van der Waals surface area contributed by atoms with Gasteiger partial charge in [-0.15, -0.1) is 0 Å². The summed E-state index contributed by atoms with van der Waals surface area (Å²) in [5.74, 6) is 1.66. The zero-order chi connectivity index (χ0) is 16.8. The molecule has 0 spiro atoms. The Labute approximate surface area is 147 Å². The van der Waals surface area contributed by atoms with Crippen molar-refractivity contribution in [2.24, 2.45) is 0 Å². The second kappa shape index (κ2) is 5.85. The van der Waals surface area contributed by atoms with E-state index in [0.717, 1.165) is 41.3 Å². The average molecular weight is 334 g/mol. The molecule has 2 unspecified atom stereocenters. The van der Waals surface area contributed by atoms with E-state index < -0.39 is 0 Å². The van der Waals surface area contributed by atoms with Gasteiger partial charge in [0, 0.05) is 43.0 Å². The van der Waals surface area contributed by atoms with E-state index in [9.17, 15) is 0 Å². The zero-order valence-corrected chi connectivity index (χ0v) is 14.4. The molecule has 2 aromatic heterocycles. The lowest BCUT2D eigenvalue weighted by Gasteiger charge is -2.48. The fourth-order valence-electron chi connectivity index (χ4n) is 4.22. The third kappa shape index (κ3) is 2.59. The van der Waals surface area contributed by atoms with Crippen LogP contribution in [0.2, 0.25) is 0 Å². The number of para-hydroxylation sites is 1. The van der Waals surface area contributed by atoms with Crippen LogP contribution in [0.4, 0.5) is 5.95 Å². The smallest absolute Gasteiger partial charge is 0.225 e. The highest BCUT2D eigenvalue weighted by molar-refractivity contribution is 5.82. The molecule has 2 fully saturated rings. The maximum absolute atomic E-state index is 5.91. The minimum Gasteiger partial charge on any atom is -0.456 e. The molecule has 5 heteroatoms. The normalized spacial score (nSPS) is 24.0. The van der Waals surface area contributed by atoms with Gasteiger partial charge in [-0.25, -0.2) is 9.97 Å². The number of aromatic nitrogens is 2. The van der Waals surface area contributed by atoms with Gasteiger partial charge >= 0.3 is 0 Å². The van der Waals surface area contributed by atoms with Crippen LogP contribution in [-0.4, -0.2) is 47.1 Å². The molecular formula is C20H22N4O. The fourth-order valence-corrected chi connectivity index (χ4v) is 4.22. The Bertz CT molecular complexity index is 841. The predicted octanol–water partition coefficient (Wildman–Crippen LogP) is 3.56. The molecule has 2 saturated heterocycles. The molecule has 4 heterocycles. The van der Waals surface area contributed by atoms with Gasteiger partial charge in [-0.05, 0) is 32.0 Å². The number of furan rings is 1. The van der Waals surface area contributed by atoms with Gasteiger partial charge in [0.25, 0.3) is 0 Å². The zero-order valence-electron chi connectivity index (χ0n) is 14.4. The summed E-state index contributed by atoms with van der Waals surface area (Å²) in [5, 5.41) is 1.11. The Morgan fingerprint density at radius 3 is 2.48 bits per heavy atom. The van der Waals surface area contributed by atoms with Gasteiger partial charge in [-0.2, -0.15) is 0 Å². The van der Waals surface area contributed by atoms with Crippen molar-refractivity contribution >= 4 is 16.9 Å². The van der Waals surface area contributed by atoms with Gasteiger partial charge < -0.3 is 9.32 Å². The molecule has 2 aliphatic heterocycles. The Kier molecular flexibility index (Phi) is 3.48. The molecule has 0 amide bonds. The molecule has 0 radical (unpaired) electrons. The van der Waals surface area contributed by atoms with Crippen LogP contribution in [0.1, 0.15) is 19.3 Å². The minimum atomic E-state index is 0.631. The molecule has 2 bridgehead atoms. The number of hydrogen-bond acceptors (Lipinski definition) is 5. The molecule has 3 aromatic rings. The second-order valence-electron chi connectivity index (χ2n) is 7.23. The van der Waals surface area contributed by atoms with E-state index in [1.807, 2.05) is 36.7 Å².